The molecule has 0 aromatic rings. The molecule has 1 amide bonds. The maximum Gasteiger partial charge on any atom is 0.227 e. The smallest absolute Gasteiger partial charge is 0.227 e. The fourth-order valence-corrected chi connectivity index (χ4v) is 2.88. The number of hydrogen-bond acceptors (Lipinski definition) is 3. The minimum Gasteiger partial charge on any atom is -0.330 e. The number of Topliss-reactive ketones (excluding diaryl/α,β-unsaturated/α-hetero) is 1. The van der Waals surface area contributed by atoms with E-state index in [0.29, 0.717) is 6.42 Å². The predicted molar refractivity (Wildman–Crippen MR) is 65.6 cm³/mol. The molecule has 4 heteroatoms. The van der Waals surface area contributed by atoms with Gasteiger partial charge in [0.05, 0.1) is 11.5 Å². The molecule has 0 aliphatic carbocycles. The third kappa shape index (κ3) is 2.23. The minimum atomic E-state index is -0.601. The van der Waals surface area contributed by atoms with E-state index in [9.17, 15) is 9.59 Å². The van der Waals surface area contributed by atoms with Gasteiger partial charge >= 0.3 is 0 Å². The predicted octanol–water partition coefficient (Wildman–Crippen LogP) is 0.908. The second kappa shape index (κ2) is 4.41. The molecule has 4 nitrogen and oxygen atoms in total. The van der Waals surface area contributed by atoms with Gasteiger partial charge in [0.25, 0.3) is 0 Å². The first kappa shape index (κ1) is 12.6. The SMILES string of the molecule is CN1CCC(C(=O)N2CCCC(=O)C2(C)C)C1. The van der Waals surface area contributed by atoms with E-state index >= 15 is 0 Å². The lowest BCUT2D eigenvalue weighted by atomic mass is 9.87. The summed E-state index contributed by atoms with van der Waals surface area (Å²) in [5, 5.41) is 0. The van der Waals surface area contributed by atoms with Crippen molar-refractivity contribution in [2.24, 2.45) is 5.92 Å². The Hall–Kier alpha value is -0.900. The lowest BCUT2D eigenvalue weighted by Gasteiger charge is -2.42. The summed E-state index contributed by atoms with van der Waals surface area (Å²) in [5.41, 5.74) is -0.601. The van der Waals surface area contributed by atoms with Crippen LogP contribution in [0.15, 0.2) is 0 Å². The molecule has 1 atom stereocenters. The van der Waals surface area contributed by atoms with Crippen molar-refractivity contribution in [2.45, 2.75) is 38.6 Å². The van der Waals surface area contributed by atoms with Gasteiger partial charge in [0.2, 0.25) is 5.91 Å². The lowest BCUT2D eigenvalue weighted by Crippen LogP contribution is -2.57. The number of nitrogens with zero attached hydrogens (tertiary/aromatic N) is 2. The zero-order valence-corrected chi connectivity index (χ0v) is 11.0. The number of piperidine rings is 1. The molecule has 0 spiro atoms. The molecule has 0 bridgehead atoms. The molecule has 0 saturated carbocycles. The van der Waals surface area contributed by atoms with Gasteiger partial charge in [-0.1, -0.05) is 0 Å². The van der Waals surface area contributed by atoms with Gasteiger partial charge in [-0.15, -0.1) is 0 Å². The van der Waals surface area contributed by atoms with E-state index in [-0.39, 0.29) is 17.6 Å². The Morgan fingerprint density at radius 1 is 1.35 bits per heavy atom. The number of amides is 1. The van der Waals surface area contributed by atoms with Crippen LogP contribution in [0.5, 0.6) is 0 Å². The van der Waals surface area contributed by atoms with Crippen molar-refractivity contribution >= 4 is 11.7 Å². The van der Waals surface area contributed by atoms with Crippen LogP contribution in [-0.4, -0.2) is 53.7 Å². The summed E-state index contributed by atoms with van der Waals surface area (Å²) in [7, 11) is 2.04. The van der Waals surface area contributed by atoms with Gasteiger partial charge in [-0.3, -0.25) is 9.59 Å². The van der Waals surface area contributed by atoms with Crippen molar-refractivity contribution in [1.82, 2.24) is 9.80 Å². The second-order valence-corrected chi connectivity index (χ2v) is 5.82. The Kier molecular flexibility index (Phi) is 3.25. The van der Waals surface area contributed by atoms with Crippen molar-refractivity contribution in [2.75, 3.05) is 26.7 Å². The zero-order valence-electron chi connectivity index (χ0n) is 11.0. The maximum atomic E-state index is 12.5. The number of hydrogen-bond donors (Lipinski definition) is 0. The summed E-state index contributed by atoms with van der Waals surface area (Å²) in [6.45, 7) is 6.31. The van der Waals surface area contributed by atoms with Crippen molar-refractivity contribution in [3.8, 4) is 0 Å². The van der Waals surface area contributed by atoms with Gasteiger partial charge in [0, 0.05) is 19.5 Å². The van der Waals surface area contributed by atoms with Crippen molar-refractivity contribution in [3.63, 3.8) is 0 Å². The van der Waals surface area contributed by atoms with Gasteiger partial charge in [-0.2, -0.15) is 0 Å². The van der Waals surface area contributed by atoms with Crippen molar-refractivity contribution in [1.29, 1.82) is 0 Å². The third-order valence-corrected chi connectivity index (χ3v) is 4.15. The summed E-state index contributed by atoms with van der Waals surface area (Å²) >= 11 is 0. The quantitative estimate of drug-likeness (QED) is 0.681. The molecule has 2 fully saturated rings. The standard InChI is InChI=1S/C13H22N2O2/c1-13(2)11(16)5-4-7-15(13)12(17)10-6-8-14(3)9-10/h10H,4-9H2,1-3H3. The van der Waals surface area contributed by atoms with Gasteiger partial charge < -0.3 is 9.80 Å². The Labute approximate surface area is 103 Å². The molecule has 2 heterocycles. The summed E-state index contributed by atoms with van der Waals surface area (Å²) in [6.07, 6.45) is 2.36. The third-order valence-electron chi connectivity index (χ3n) is 4.15. The molecule has 0 aromatic carbocycles. The number of rotatable bonds is 1. The fraction of sp³-hybridized carbons (Fsp3) is 0.846. The van der Waals surface area contributed by atoms with Crippen LogP contribution in [0.4, 0.5) is 0 Å². The van der Waals surface area contributed by atoms with Crippen LogP contribution in [0.2, 0.25) is 0 Å². The first-order valence-electron chi connectivity index (χ1n) is 6.46. The van der Waals surface area contributed by atoms with Crippen LogP contribution in [-0.2, 0) is 9.59 Å². The van der Waals surface area contributed by atoms with Crippen LogP contribution in [0.25, 0.3) is 0 Å². The van der Waals surface area contributed by atoms with E-state index in [1.807, 2.05) is 25.8 Å². The molecule has 2 aliphatic rings. The lowest BCUT2D eigenvalue weighted by molar-refractivity contribution is -0.150. The van der Waals surface area contributed by atoms with E-state index in [1.165, 1.54) is 0 Å². The average Bonchev–Trinajstić information content (AvgIpc) is 2.68. The van der Waals surface area contributed by atoms with Gasteiger partial charge in [-0.25, -0.2) is 0 Å². The van der Waals surface area contributed by atoms with Crippen LogP contribution in [0.3, 0.4) is 0 Å². The topological polar surface area (TPSA) is 40.6 Å². The van der Waals surface area contributed by atoms with Crippen LogP contribution < -0.4 is 0 Å². The van der Waals surface area contributed by atoms with E-state index in [1.54, 1.807) is 0 Å². The number of ketones is 1. The molecule has 96 valence electrons. The molecule has 2 saturated heterocycles. The molecule has 0 aromatic heterocycles. The molecule has 2 rings (SSSR count). The maximum absolute atomic E-state index is 12.5. The normalized spacial score (nSPS) is 29.7. The summed E-state index contributed by atoms with van der Waals surface area (Å²) in [4.78, 5) is 28.3. The van der Waals surface area contributed by atoms with E-state index in [2.05, 4.69) is 4.90 Å². The molecule has 2 aliphatic heterocycles. The average molecular weight is 238 g/mol. The van der Waals surface area contributed by atoms with Crippen molar-refractivity contribution < 1.29 is 9.59 Å². The Morgan fingerprint density at radius 2 is 2.06 bits per heavy atom. The molecular formula is C13H22N2O2. The molecular weight excluding hydrogens is 216 g/mol. The zero-order chi connectivity index (χ0) is 12.6. The van der Waals surface area contributed by atoms with E-state index in [4.69, 9.17) is 0 Å². The minimum absolute atomic E-state index is 0.0881. The number of likely N-dealkylation sites (tertiary alicyclic amines) is 2. The highest BCUT2D eigenvalue weighted by molar-refractivity contribution is 5.94. The Bertz CT molecular complexity index is 338. The van der Waals surface area contributed by atoms with Crippen molar-refractivity contribution in [3.05, 3.63) is 0 Å². The van der Waals surface area contributed by atoms with E-state index < -0.39 is 5.54 Å². The second-order valence-electron chi connectivity index (χ2n) is 5.82. The van der Waals surface area contributed by atoms with Crippen LogP contribution >= 0.6 is 0 Å². The molecule has 17 heavy (non-hydrogen) atoms. The highest BCUT2D eigenvalue weighted by Gasteiger charge is 2.42. The first-order valence-corrected chi connectivity index (χ1v) is 6.46. The monoisotopic (exact) mass is 238 g/mol. The first-order chi connectivity index (χ1) is 7.93. The van der Waals surface area contributed by atoms with Gasteiger partial charge in [0.15, 0.2) is 5.78 Å². The highest BCUT2D eigenvalue weighted by atomic mass is 16.2. The summed E-state index contributed by atoms with van der Waals surface area (Å²) in [5.74, 6) is 0.459. The summed E-state index contributed by atoms with van der Waals surface area (Å²) < 4.78 is 0. The molecule has 0 radical (unpaired) electrons. The molecule has 1 unspecified atom stereocenters. The van der Waals surface area contributed by atoms with Gasteiger partial charge in [-0.05, 0) is 40.3 Å². The Morgan fingerprint density at radius 3 is 2.65 bits per heavy atom. The number of carbonyl (C=O) groups excluding carboxylic acids is 2. The van der Waals surface area contributed by atoms with E-state index in [0.717, 1.165) is 32.5 Å². The largest absolute Gasteiger partial charge is 0.330 e. The summed E-state index contributed by atoms with van der Waals surface area (Å²) in [6, 6.07) is 0. The highest BCUT2D eigenvalue weighted by Crippen LogP contribution is 2.28. The Balaban J connectivity index is 2.10. The number of carbonyl (C=O) groups is 2. The molecule has 0 N–H and O–H groups in total. The van der Waals surface area contributed by atoms with Gasteiger partial charge in [0.1, 0.15) is 0 Å². The van der Waals surface area contributed by atoms with Crippen LogP contribution in [0, 0.1) is 5.92 Å². The fourth-order valence-electron chi connectivity index (χ4n) is 2.88. The van der Waals surface area contributed by atoms with Crippen LogP contribution in [0.1, 0.15) is 33.1 Å².